The van der Waals surface area contributed by atoms with Crippen molar-refractivity contribution < 1.29 is 19.7 Å². The van der Waals surface area contributed by atoms with Gasteiger partial charge in [0.15, 0.2) is 0 Å². The van der Waals surface area contributed by atoms with Crippen molar-refractivity contribution in [3.8, 4) is 11.5 Å². The van der Waals surface area contributed by atoms with Gasteiger partial charge in [-0.3, -0.25) is 0 Å². The second kappa shape index (κ2) is 6.75. The first-order valence-corrected chi connectivity index (χ1v) is 6.20. The molecular formula is C14H23NO4. The van der Waals surface area contributed by atoms with Crippen LogP contribution in [-0.4, -0.2) is 43.1 Å². The number of aliphatic hydroxyl groups is 2. The number of hydrogen-bond acceptors (Lipinski definition) is 5. The van der Waals surface area contributed by atoms with Crippen molar-refractivity contribution in [3.63, 3.8) is 0 Å². The van der Waals surface area contributed by atoms with Crippen LogP contribution < -0.4 is 14.8 Å². The van der Waals surface area contributed by atoms with E-state index in [1.54, 1.807) is 46.3 Å². The first-order valence-electron chi connectivity index (χ1n) is 6.20. The number of aliphatic hydroxyl groups excluding tert-OH is 1. The molecule has 0 fully saturated rings. The third-order valence-corrected chi connectivity index (χ3v) is 2.69. The van der Waals surface area contributed by atoms with Crippen LogP contribution >= 0.6 is 0 Å². The highest BCUT2D eigenvalue weighted by Gasteiger charge is 2.17. The summed E-state index contributed by atoms with van der Waals surface area (Å²) in [6.07, 6.45) is -0.729. The van der Waals surface area contributed by atoms with Gasteiger partial charge in [0, 0.05) is 18.7 Å². The van der Waals surface area contributed by atoms with Crippen molar-refractivity contribution in [3.05, 3.63) is 23.8 Å². The summed E-state index contributed by atoms with van der Waals surface area (Å²) in [4.78, 5) is 0. The Bertz CT molecular complexity index is 401. The summed E-state index contributed by atoms with van der Waals surface area (Å²) in [5.41, 5.74) is -0.150. The number of nitrogens with one attached hydrogen (secondary N) is 1. The Morgan fingerprint density at radius 3 is 2.47 bits per heavy atom. The average molecular weight is 269 g/mol. The number of ether oxygens (including phenoxy) is 2. The third-order valence-electron chi connectivity index (χ3n) is 2.69. The number of benzene rings is 1. The van der Waals surface area contributed by atoms with E-state index in [9.17, 15) is 10.2 Å². The van der Waals surface area contributed by atoms with Crippen LogP contribution in [0.25, 0.3) is 0 Å². The minimum absolute atomic E-state index is 0.327. The van der Waals surface area contributed by atoms with Gasteiger partial charge in [0.2, 0.25) is 0 Å². The largest absolute Gasteiger partial charge is 0.497 e. The molecule has 0 heterocycles. The molecule has 0 saturated carbocycles. The fraction of sp³-hybridized carbons (Fsp3) is 0.571. The Morgan fingerprint density at radius 2 is 1.95 bits per heavy atom. The standard InChI is InChI=1S/C14H23NO4/c1-14(2,17)9-15-8-12(16)11-7-10(18-3)5-6-13(11)19-4/h5-7,12,15-17H,8-9H2,1-4H3. The molecule has 1 aromatic carbocycles. The molecule has 0 aromatic heterocycles. The van der Waals surface area contributed by atoms with E-state index in [0.717, 1.165) is 0 Å². The van der Waals surface area contributed by atoms with E-state index in [2.05, 4.69) is 5.32 Å². The van der Waals surface area contributed by atoms with E-state index in [-0.39, 0.29) is 0 Å². The predicted octanol–water partition coefficient (Wildman–Crippen LogP) is 1.10. The monoisotopic (exact) mass is 269 g/mol. The summed E-state index contributed by atoms with van der Waals surface area (Å²) in [7, 11) is 3.13. The van der Waals surface area contributed by atoms with E-state index in [0.29, 0.717) is 30.2 Å². The van der Waals surface area contributed by atoms with Crippen molar-refractivity contribution in [1.82, 2.24) is 5.32 Å². The lowest BCUT2D eigenvalue weighted by Gasteiger charge is -2.20. The first-order chi connectivity index (χ1) is 8.87. The van der Waals surface area contributed by atoms with Crippen LogP contribution in [0.4, 0.5) is 0 Å². The second-order valence-corrected chi connectivity index (χ2v) is 5.07. The molecule has 0 saturated heterocycles. The van der Waals surface area contributed by atoms with Gasteiger partial charge in [0.1, 0.15) is 11.5 Å². The molecule has 1 atom stereocenters. The zero-order valence-electron chi connectivity index (χ0n) is 11.9. The zero-order chi connectivity index (χ0) is 14.5. The molecule has 108 valence electrons. The maximum Gasteiger partial charge on any atom is 0.124 e. The topological polar surface area (TPSA) is 71.0 Å². The Balaban J connectivity index is 2.72. The lowest BCUT2D eigenvalue weighted by atomic mass is 10.1. The van der Waals surface area contributed by atoms with Gasteiger partial charge >= 0.3 is 0 Å². The van der Waals surface area contributed by atoms with E-state index < -0.39 is 11.7 Å². The van der Waals surface area contributed by atoms with Crippen LogP contribution in [0, 0.1) is 0 Å². The average Bonchev–Trinajstić information content (AvgIpc) is 2.36. The minimum Gasteiger partial charge on any atom is -0.497 e. The molecule has 0 aliphatic heterocycles. The van der Waals surface area contributed by atoms with Gasteiger partial charge in [-0.25, -0.2) is 0 Å². The lowest BCUT2D eigenvalue weighted by Crippen LogP contribution is -2.36. The molecule has 5 heteroatoms. The highest BCUT2D eigenvalue weighted by atomic mass is 16.5. The highest BCUT2D eigenvalue weighted by molar-refractivity contribution is 5.41. The summed E-state index contributed by atoms with van der Waals surface area (Å²) in [6.45, 7) is 4.14. The molecular weight excluding hydrogens is 246 g/mol. The zero-order valence-corrected chi connectivity index (χ0v) is 11.9. The van der Waals surface area contributed by atoms with Gasteiger partial charge in [0.05, 0.1) is 25.9 Å². The van der Waals surface area contributed by atoms with Crippen molar-refractivity contribution in [2.75, 3.05) is 27.3 Å². The Kier molecular flexibility index (Phi) is 5.60. The van der Waals surface area contributed by atoms with E-state index in [1.165, 1.54) is 0 Å². The molecule has 1 rings (SSSR count). The van der Waals surface area contributed by atoms with E-state index in [1.807, 2.05) is 0 Å². The Labute approximate surface area is 114 Å². The van der Waals surface area contributed by atoms with E-state index >= 15 is 0 Å². The number of hydrogen-bond donors (Lipinski definition) is 3. The van der Waals surface area contributed by atoms with Crippen LogP contribution in [0.2, 0.25) is 0 Å². The summed E-state index contributed by atoms with van der Waals surface area (Å²) >= 11 is 0. The minimum atomic E-state index is -0.807. The van der Waals surface area contributed by atoms with Crippen LogP contribution in [-0.2, 0) is 0 Å². The Hall–Kier alpha value is -1.30. The van der Waals surface area contributed by atoms with Crippen LogP contribution in [0.15, 0.2) is 18.2 Å². The third kappa shape index (κ3) is 5.06. The van der Waals surface area contributed by atoms with Crippen LogP contribution in [0.3, 0.4) is 0 Å². The van der Waals surface area contributed by atoms with Gasteiger partial charge in [-0.05, 0) is 32.0 Å². The van der Waals surface area contributed by atoms with E-state index in [4.69, 9.17) is 9.47 Å². The SMILES string of the molecule is COc1ccc(OC)c(C(O)CNCC(C)(C)O)c1. The molecule has 3 N–H and O–H groups in total. The van der Waals surface area contributed by atoms with Crippen molar-refractivity contribution in [2.45, 2.75) is 25.6 Å². The summed E-state index contributed by atoms with van der Waals surface area (Å²) in [5.74, 6) is 1.27. The summed E-state index contributed by atoms with van der Waals surface area (Å²) in [5, 5.41) is 22.8. The number of methoxy groups -OCH3 is 2. The molecule has 1 unspecified atom stereocenters. The van der Waals surface area contributed by atoms with Crippen LogP contribution in [0.1, 0.15) is 25.5 Å². The molecule has 0 radical (unpaired) electrons. The molecule has 1 aromatic rings. The number of rotatable bonds is 7. The maximum atomic E-state index is 10.2. The van der Waals surface area contributed by atoms with Crippen molar-refractivity contribution in [2.24, 2.45) is 0 Å². The van der Waals surface area contributed by atoms with Gasteiger partial charge in [-0.15, -0.1) is 0 Å². The second-order valence-electron chi connectivity index (χ2n) is 5.07. The van der Waals surface area contributed by atoms with Gasteiger partial charge in [0.25, 0.3) is 0 Å². The fourth-order valence-electron chi connectivity index (χ4n) is 1.72. The maximum absolute atomic E-state index is 10.2. The molecule has 0 aliphatic rings. The highest BCUT2D eigenvalue weighted by Crippen LogP contribution is 2.29. The quantitative estimate of drug-likeness (QED) is 0.691. The summed E-state index contributed by atoms with van der Waals surface area (Å²) in [6, 6.07) is 5.28. The molecule has 19 heavy (non-hydrogen) atoms. The van der Waals surface area contributed by atoms with Crippen molar-refractivity contribution in [1.29, 1.82) is 0 Å². The van der Waals surface area contributed by atoms with Crippen molar-refractivity contribution >= 4 is 0 Å². The molecule has 0 bridgehead atoms. The fourth-order valence-corrected chi connectivity index (χ4v) is 1.72. The lowest BCUT2D eigenvalue weighted by molar-refractivity contribution is 0.0737. The normalized spacial score (nSPS) is 13.2. The first kappa shape index (κ1) is 15.8. The smallest absolute Gasteiger partial charge is 0.124 e. The molecule has 0 amide bonds. The molecule has 0 spiro atoms. The molecule has 0 aliphatic carbocycles. The van der Waals surface area contributed by atoms with Gasteiger partial charge in [-0.1, -0.05) is 0 Å². The molecule has 5 nitrogen and oxygen atoms in total. The van der Waals surface area contributed by atoms with Gasteiger partial charge in [-0.2, -0.15) is 0 Å². The van der Waals surface area contributed by atoms with Crippen LogP contribution in [0.5, 0.6) is 11.5 Å². The predicted molar refractivity (Wildman–Crippen MR) is 73.7 cm³/mol. The Morgan fingerprint density at radius 1 is 1.26 bits per heavy atom. The summed E-state index contributed by atoms with van der Waals surface area (Å²) < 4.78 is 10.4. The van der Waals surface area contributed by atoms with Gasteiger partial charge < -0.3 is 25.0 Å².